The van der Waals surface area contributed by atoms with E-state index in [1.54, 1.807) is 0 Å². The van der Waals surface area contributed by atoms with Crippen LogP contribution in [0.4, 0.5) is 0 Å². The summed E-state index contributed by atoms with van der Waals surface area (Å²) in [6.07, 6.45) is 80.7. The monoisotopic (exact) mass is 1030 g/mol. The zero-order chi connectivity index (χ0) is 53.1. The first-order valence-electron chi connectivity index (χ1n) is 28.7. The van der Waals surface area contributed by atoms with Gasteiger partial charge in [-0.25, -0.2) is 4.57 Å². The molecule has 10 heteroatoms. The Bertz CT molecular complexity index is 1650. The van der Waals surface area contributed by atoms with E-state index in [4.69, 9.17) is 24.3 Å². The Morgan fingerprint density at radius 1 is 0.425 bits per heavy atom. The molecule has 0 aromatic heterocycles. The summed E-state index contributed by atoms with van der Waals surface area (Å²) in [5.41, 5.74) is 5.37. The standard InChI is InChI=1S/C63H104NO8P/c1-3-5-7-9-11-13-15-17-19-21-22-23-24-25-26-27-28-29-30-31-32-33-34-35-36-37-38-40-42-44-46-48-50-52-54-56-63(66)72-61(60-71-73(67,68)70-58-57-64)59-69-62(65)55-53-51-49-47-45-43-41-39-20-18-16-14-12-10-8-6-4-2/h5,7,11-14,17-20,22-23,25-26,28-29,31-32,34-35,37-38,61H,3-4,6,8-10,15-16,21,24,27,30,33,36,39-60,64H2,1-2H3,(H,67,68)/b7-5-,13-11-,14-12-,19-17-,20-18-,23-22-,26-25-,29-28-,32-31-,35-34-,38-37-. The summed E-state index contributed by atoms with van der Waals surface area (Å²) in [5.74, 6) is -0.858. The number of allylic oxidation sites excluding steroid dienone is 22. The fourth-order valence-electron chi connectivity index (χ4n) is 7.30. The Kier molecular flexibility index (Phi) is 54.4. The first-order valence-corrected chi connectivity index (χ1v) is 30.2. The zero-order valence-electron chi connectivity index (χ0n) is 46.1. The lowest BCUT2D eigenvalue weighted by Crippen LogP contribution is -2.29. The third-order valence-corrected chi connectivity index (χ3v) is 12.5. The number of carbonyl (C=O) groups is 2. The van der Waals surface area contributed by atoms with Crippen LogP contribution in [0.2, 0.25) is 0 Å². The van der Waals surface area contributed by atoms with E-state index in [2.05, 4.69) is 148 Å². The van der Waals surface area contributed by atoms with E-state index in [0.717, 1.165) is 128 Å². The molecule has 0 saturated heterocycles. The van der Waals surface area contributed by atoms with Gasteiger partial charge in [-0.2, -0.15) is 0 Å². The first-order chi connectivity index (χ1) is 35.8. The van der Waals surface area contributed by atoms with Gasteiger partial charge >= 0.3 is 19.8 Å². The molecule has 0 aliphatic carbocycles. The maximum atomic E-state index is 12.7. The number of phosphoric ester groups is 1. The van der Waals surface area contributed by atoms with Gasteiger partial charge in [0.25, 0.3) is 0 Å². The largest absolute Gasteiger partial charge is 0.472 e. The summed E-state index contributed by atoms with van der Waals surface area (Å²) in [6.45, 7) is 3.56. The molecular weight excluding hydrogens is 930 g/mol. The molecule has 3 N–H and O–H groups in total. The number of ether oxygens (including phenoxy) is 2. The number of hydrogen-bond acceptors (Lipinski definition) is 8. The lowest BCUT2D eigenvalue weighted by Gasteiger charge is -2.19. The number of phosphoric acid groups is 1. The molecule has 0 amide bonds. The topological polar surface area (TPSA) is 134 Å². The summed E-state index contributed by atoms with van der Waals surface area (Å²) in [6, 6.07) is 0. The highest BCUT2D eigenvalue weighted by molar-refractivity contribution is 7.47. The number of carbonyl (C=O) groups excluding carboxylic acids is 2. The molecule has 0 aliphatic rings. The average molecular weight is 1030 g/mol. The van der Waals surface area contributed by atoms with E-state index in [1.807, 2.05) is 0 Å². The highest BCUT2D eigenvalue weighted by Gasteiger charge is 2.26. The molecule has 0 fully saturated rings. The molecule has 0 heterocycles. The highest BCUT2D eigenvalue weighted by Crippen LogP contribution is 2.43. The number of esters is 2. The number of hydrogen-bond donors (Lipinski definition) is 2. The third-order valence-electron chi connectivity index (χ3n) is 11.5. The van der Waals surface area contributed by atoms with Crippen LogP contribution in [0.25, 0.3) is 0 Å². The summed E-state index contributed by atoms with van der Waals surface area (Å²) in [5, 5.41) is 0. The Morgan fingerprint density at radius 2 is 0.753 bits per heavy atom. The number of rotatable bonds is 52. The maximum absolute atomic E-state index is 12.7. The van der Waals surface area contributed by atoms with Gasteiger partial charge in [0.1, 0.15) is 6.61 Å². The van der Waals surface area contributed by atoms with Crippen molar-refractivity contribution in [3.63, 3.8) is 0 Å². The fourth-order valence-corrected chi connectivity index (χ4v) is 8.07. The normalized spacial score (nSPS) is 14.1. The molecule has 0 rings (SSSR count). The van der Waals surface area contributed by atoms with Crippen LogP contribution < -0.4 is 5.73 Å². The zero-order valence-corrected chi connectivity index (χ0v) is 47.0. The molecule has 9 nitrogen and oxygen atoms in total. The second kappa shape index (κ2) is 57.4. The van der Waals surface area contributed by atoms with Crippen LogP contribution in [0, 0.1) is 0 Å². The Morgan fingerprint density at radius 3 is 1.12 bits per heavy atom. The molecular formula is C63H104NO8P. The van der Waals surface area contributed by atoms with Gasteiger partial charge in [0.05, 0.1) is 13.2 Å². The second-order valence-corrected chi connectivity index (χ2v) is 19.9. The van der Waals surface area contributed by atoms with Crippen molar-refractivity contribution in [2.24, 2.45) is 5.73 Å². The van der Waals surface area contributed by atoms with E-state index in [-0.39, 0.29) is 32.6 Å². The summed E-state index contributed by atoms with van der Waals surface area (Å²) < 4.78 is 33.0. The minimum Gasteiger partial charge on any atom is -0.462 e. The SMILES string of the molecule is CC/C=C\C/C=C\C/C=C\C/C=C\C/C=C\C/C=C\C/C=C\C/C=C\C/C=C\CCCCCCCCCC(=O)OC(COC(=O)CCCCCCCCC/C=C\C/C=C\CCCCC)COP(=O)(O)OCCN. The van der Waals surface area contributed by atoms with Crippen LogP contribution in [0.3, 0.4) is 0 Å². The molecule has 0 aromatic rings. The predicted molar refractivity (Wildman–Crippen MR) is 311 cm³/mol. The van der Waals surface area contributed by atoms with Gasteiger partial charge in [-0.1, -0.05) is 225 Å². The van der Waals surface area contributed by atoms with E-state index in [1.165, 1.54) is 57.8 Å². The summed E-state index contributed by atoms with van der Waals surface area (Å²) >= 11 is 0. The van der Waals surface area contributed by atoms with Crippen molar-refractivity contribution >= 4 is 19.8 Å². The Hall–Kier alpha value is -3.85. The van der Waals surface area contributed by atoms with Gasteiger partial charge in [0, 0.05) is 19.4 Å². The molecule has 0 bridgehead atoms. The van der Waals surface area contributed by atoms with Gasteiger partial charge in [0.2, 0.25) is 0 Å². The smallest absolute Gasteiger partial charge is 0.462 e. The van der Waals surface area contributed by atoms with Crippen molar-refractivity contribution in [3.8, 4) is 0 Å². The molecule has 73 heavy (non-hydrogen) atoms. The van der Waals surface area contributed by atoms with Crippen molar-refractivity contribution in [3.05, 3.63) is 134 Å². The lowest BCUT2D eigenvalue weighted by molar-refractivity contribution is -0.161. The van der Waals surface area contributed by atoms with Crippen molar-refractivity contribution in [2.75, 3.05) is 26.4 Å². The van der Waals surface area contributed by atoms with Gasteiger partial charge in [-0.05, 0) is 116 Å². The predicted octanol–water partition coefficient (Wildman–Crippen LogP) is 18.2. The Labute approximate surface area is 446 Å². The number of nitrogens with two attached hydrogens (primary N) is 1. The molecule has 0 aromatic carbocycles. The van der Waals surface area contributed by atoms with Crippen molar-refractivity contribution < 1.29 is 37.6 Å². The van der Waals surface area contributed by atoms with Crippen molar-refractivity contribution in [1.29, 1.82) is 0 Å². The van der Waals surface area contributed by atoms with Crippen LogP contribution in [0.15, 0.2) is 134 Å². The van der Waals surface area contributed by atoms with E-state index < -0.39 is 32.5 Å². The van der Waals surface area contributed by atoms with E-state index in [0.29, 0.717) is 6.42 Å². The Balaban J connectivity index is 4.06. The first kappa shape index (κ1) is 69.2. The average Bonchev–Trinajstić information content (AvgIpc) is 3.38. The quantitative estimate of drug-likeness (QED) is 0.0264. The van der Waals surface area contributed by atoms with Crippen LogP contribution >= 0.6 is 7.82 Å². The van der Waals surface area contributed by atoms with Crippen LogP contribution in [0.1, 0.15) is 219 Å². The van der Waals surface area contributed by atoms with Gasteiger partial charge in [-0.3, -0.25) is 18.6 Å². The van der Waals surface area contributed by atoms with Crippen LogP contribution in [-0.2, 0) is 32.7 Å². The number of unbranched alkanes of at least 4 members (excludes halogenated alkanes) is 17. The molecule has 0 aliphatic heterocycles. The lowest BCUT2D eigenvalue weighted by atomic mass is 10.1. The van der Waals surface area contributed by atoms with Gasteiger partial charge < -0.3 is 20.1 Å². The molecule has 0 radical (unpaired) electrons. The summed E-state index contributed by atoms with van der Waals surface area (Å²) in [7, 11) is -4.40. The molecule has 2 unspecified atom stereocenters. The van der Waals surface area contributed by atoms with Crippen LogP contribution in [-0.4, -0.2) is 49.3 Å². The third kappa shape index (κ3) is 57.3. The molecule has 414 valence electrons. The molecule has 0 saturated carbocycles. The minimum atomic E-state index is -4.40. The van der Waals surface area contributed by atoms with E-state index >= 15 is 0 Å². The van der Waals surface area contributed by atoms with Crippen LogP contribution in [0.5, 0.6) is 0 Å². The molecule has 2 atom stereocenters. The van der Waals surface area contributed by atoms with Crippen molar-refractivity contribution in [1.82, 2.24) is 0 Å². The fraction of sp³-hybridized carbons (Fsp3) is 0.619. The van der Waals surface area contributed by atoms with E-state index in [9.17, 15) is 19.0 Å². The maximum Gasteiger partial charge on any atom is 0.472 e. The minimum absolute atomic E-state index is 0.0433. The molecule has 0 spiro atoms. The second-order valence-electron chi connectivity index (χ2n) is 18.4. The van der Waals surface area contributed by atoms with Gasteiger partial charge in [-0.15, -0.1) is 0 Å². The summed E-state index contributed by atoms with van der Waals surface area (Å²) in [4.78, 5) is 35.1. The van der Waals surface area contributed by atoms with Crippen molar-refractivity contribution in [2.45, 2.75) is 225 Å². The van der Waals surface area contributed by atoms with Gasteiger partial charge in [0.15, 0.2) is 6.10 Å². The highest BCUT2D eigenvalue weighted by atomic mass is 31.2.